The molecule has 2 aromatic heterocycles. The van der Waals surface area contributed by atoms with Gasteiger partial charge < -0.3 is 9.11 Å². The van der Waals surface area contributed by atoms with Crippen molar-refractivity contribution in [2.24, 2.45) is 0 Å². The summed E-state index contributed by atoms with van der Waals surface area (Å²) in [5, 5.41) is 0. The van der Waals surface area contributed by atoms with Gasteiger partial charge in [-0.05, 0) is 13.8 Å². The Hall–Kier alpha value is -2.23. The van der Waals surface area contributed by atoms with E-state index in [0.29, 0.717) is 0 Å². The Bertz CT molecular complexity index is 650. The number of H-pyrrole nitrogens is 2. The molecular weight excluding hydrogens is 320 g/mol. The number of hydrogen-bond donors (Lipinski definition) is 2. The lowest BCUT2D eigenvalue weighted by atomic mass is 10.5. The molecule has 0 radical (unpaired) electrons. The quantitative estimate of drug-likeness (QED) is 0.480. The molecule has 0 saturated carbocycles. The zero-order chi connectivity index (χ0) is 17.9. The second-order valence-corrected chi connectivity index (χ2v) is 4.90. The fourth-order valence-corrected chi connectivity index (χ4v) is 1.66. The molecule has 0 bridgehead atoms. The number of aromatic amines is 2. The van der Waals surface area contributed by atoms with Crippen molar-refractivity contribution >= 4 is 22.6 Å². The van der Waals surface area contributed by atoms with E-state index in [1.807, 2.05) is 36.9 Å². The van der Waals surface area contributed by atoms with E-state index in [9.17, 15) is 0 Å². The molecule has 0 atom stereocenters. The van der Waals surface area contributed by atoms with E-state index in [-0.39, 0.29) is 0 Å². The number of rotatable bonds is 4. The van der Waals surface area contributed by atoms with Crippen LogP contribution >= 0.6 is 0 Å². The fraction of sp³-hybridized carbons (Fsp3) is 0.286. The van der Waals surface area contributed by atoms with Crippen molar-refractivity contribution in [3.8, 4) is 0 Å². The molecule has 2 heterocycles. The Morgan fingerprint density at radius 1 is 1.00 bits per heavy atom. The van der Waals surface area contributed by atoms with Gasteiger partial charge in [0.1, 0.15) is 24.8 Å². The highest BCUT2D eigenvalue weighted by Crippen LogP contribution is 1.86. The Morgan fingerprint density at radius 3 is 1.48 bits per heavy atom. The van der Waals surface area contributed by atoms with Crippen molar-refractivity contribution in [2.45, 2.75) is 26.9 Å². The average Bonchev–Trinajstić information content (AvgIpc) is 3.13. The largest absolute Gasteiger partial charge is 0.759 e. The van der Waals surface area contributed by atoms with Crippen molar-refractivity contribution in [1.29, 1.82) is 0 Å². The van der Waals surface area contributed by atoms with Crippen molar-refractivity contribution in [1.82, 2.24) is 9.97 Å². The topological polar surface area (TPSA) is 120 Å². The summed E-state index contributed by atoms with van der Waals surface area (Å²) in [4.78, 5) is 6.10. The average molecular weight is 342 g/mol. The molecule has 128 valence electrons. The predicted molar refractivity (Wildman–Crippen MR) is 84.0 cm³/mol. The van der Waals surface area contributed by atoms with Crippen LogP contribution in [0.25, 0.3) is 12.2 Å². The SMILES string of the molecule is C=Cc1[nH]cc[n+]1CC.C=Cc1[nH]cc[n+]1CC.O=S(=O)([O-])[O-]. The lowest BCUT2D eigenvalue weighted by Gasteiger charge is -2.06. The third-order valence-electron chi connectivity index (χ3n) is 2.66. The molecule has 2 N–H and O–H groups in total. The summed E-state index contributed by atoms with van der Waals surface area (Å²) < 4.78 is 38.3. The highest BCUT2D eigenvalue weighted by Gasteiger charge is 2.01. The summed E-state index contributed by atoms with van der Waals surface area (Å²) in [7, 11) is -5.17. The van der Waals surface area contributed by atoms with E-state index in [4.69, 9.17) is 17.5 Å². The molecular formula is C14H22N4O4S. The Balaban J connectivity index is 0.000000332. The van der Waals surface area contributed by atoms with E-state index in [0.717, 1.165) is 24.7 Å². The summed E-state index contributed by atoms with van der Waals surface area (Å²) in [6, 6.07) is 0. The molecule has 0 amide bonds. The molecule has 0 unspecified atom stereocenters. The standard InChI is InChI=1S/2C7H10N2.H2O4S/c2*1-3-7-8-5-6-9(7)4-2;1-5(2,3)4/h2*3,5-6H,1,4H2,2H3;(H2,1,2,3,4). The van der Waals surface area contributed by atoms with Crippen LogP contribution in [0.5, 0.6) is 0 Å². The molecule has 0 spiro atoms. The summed E-state index contributed by atoms with van der Waals surface area (Å²) in [5.41, 5.74) is 0. The van der Waals surface area contributed by atoms with Gasteiger partial charge in [-0.1, -0.05) is 13.2 Å². The first-order valence-electron chi connectivity index (χ1n) is 6.81. The van der Waals surface area contributed by atoms with Crippen LogP contribution in [0.15, 0.2) is 37.9 Å². The lowest BCUT2D eigenvalue weighted by molar-refractivity contribution is -0.694. The van der Waals surface area contributed by atoms with Crippen molar-refractivity contribution in [3.05, 3.63) is 49.6 Å². The summed E-state index contributed by atoms with van der Waals surface area (Å²) >= 11 is 0. The third kappa shape index (κ3) is 9.40. The number of nitrogens with zero attached hydrogens (tertiary/aromatic N) is 2. The molecule has 2 aromatic rings. The minimum absolute atomic E-state index is 0.991. The van der Waals surface area contributed by atoms with Gasteiger partial charge in [-0.2, -0.15) is 0 Å². The zero-order valence-corrected chi connectivity index (χ0v) is 14.0. The fourth-order valence-electron chi connectivity index (χ4n) is 1.66. The molecule has 0 saturated heterocycles. The van der Waals surface area contributed by atoms with Crippen molar-refractivity contribution in [2.75, 3.05) is 0 Å². The van der Waals surface area contributed by atoms with Crippen LogP contribution in [0.4, 0.5) is 0 Å². The lowest BCUT2D eigenvalue weighted by Crippen LogP contribution is -2.32. The van der Waals surface area contributed by atoms with E-state index in [2.05, 4.69) is 46.1 Å². The van der Waals surface area contributed by atoms with E-state index in [1.54, 1.807) is 0 Å². The molecule has 0 fully saturated rings. The maximum absolute atomic E-state index is 8.52. The first-order valence-corrected chi connectivity index (χ1v) is 8.15. The van der Waals surface area contributed by atoms with E-state index >= 15 is 0 Å². The first-order chi connectivity index (χ1) is 10.8. The Kier molecular flexibility index (Phi) is 9.47. The molecule has 8 nitrogen and oxygen atoms in total. The number of imidazole rings is 2. The van der Waals surface area contributed by atoms with Gasteiger partial charge in [-0.3, -0.25) is 8.42 Å². The van der Waals surface area contributed by atoms with Crippen LogP contribution in [0, 0.1) is 0 Å². The number of hydrogen-bond acceptors (Lipinski definition) is 4. The molecule has 0 aliphatic rings. The van der Waals surface area contributed by atoms with Crippen LogP contribution < -0.4 is 9.13 Å². The van der Waals surface area contributed by atoms with Crippen molar-refractivity contribution in [3.63, 3.8) is 0 Å². The normalized spacial score (nSPS) is 9.91. The monoisotopic (exact) mass is 342 g/mol. The van der Waals surface area contributed by atoms with Crippen molar-refractivity contribution < 1.29 is 26.7 Å². The second kappa shape index (κ2) is 10.5. The highest BCUT2D eigenvalue weighted by molar-refractivity contribution is 7.79. The Labute approximate surface area is 136 Å². The number of aromatic nitrogens is 4. The molecule has 0 aliphatic carbocycles. The van der Waals surface area contributed by atoms with Gasteiger partial charge in [0.05, 0.1) is 13.1 Å². The second-order valence-electron chi connectivity index (χ2n) is 4.08. The van der Waals surface area contributed by atoms with Gasteiger partial charge in [0, 0.05) is 22.6 Å². The summed E-state index contributed by atoms with van der Waals surface area (Å²) in [6.07, 6.45) is 11.4. The number of nitrogens with one attached hydrogen (secondary N) is 2. The predicted octanol–water partition coefficient (Wildman–Crippen LogP) is 0.592. The molecule has 2 rings (SSSR count). The Morgan fingerprint density at radius 2 is 1.30 bits per heavy atom. The van der Waals surface area contributed by atoms with Crippen LogP contribution in [0.3, 0.4) is 0 Å². The summed E-state index contributed by atoms with van der Waals surface area (Å²) in [5.74, 6) is 2.13. The van der Waals surface area contributed by atoms with Gasteiger partial charge in [0.25, 0.3) is 11.6 Å². The smallest absolute Gasteiger partial charge is 0.278 e. The van der Waals surface area contributed by atoms with Crippen LogP contribution in [-0.4, -0.2) is 27.5 Å². The minimum atomic E-state index is -5.17. The van der Waals surface area contributed by atoms with Gasteiger partial charge in [0.15, 0.2) is 0 Å². The van der Waals surface area contributed by atoms with E-state index in [1.165, 1.54) is 0 Å². The molecule has 0 aromatic carbocycles. The van der Waals surface area contributed by atoms with Gasteiger partial charge >= 0.3 is 0 Å². The number of aryl methyl sites for hydroxylation is 2. The molecule has 9 heteroatoms. The zero-order valence-electron chi connectivity index (χ0n) is 13.2. The molecule has 23 heavy (non-hydrogen) atoms. The van der Waals surface area contributed by atoms with Crippen LogP contribution in [-0.2, 0) is 23.5 Å². The minimum Gasteiger partial charge on any atom is -0.759 e. The van der Waals surface area contributed by atoms with Gasteiger partial charge in [-0.25, -0.2) is 19.1 Å². The summed E-state index contributed by atoms with van der Waals surface area (Å²) in [6.45, 7) is 13.5. The first kappa shape index (κ1) is 20.8. The maximum atomic E-state index is 8.52. The van der Waals surface area contributed by atoms with Crippen LogP contribution in [0.2, 0.25) is 0 Å². The van der Waals surface area contributed by atoms with Gasteiger partial charge in [-0.15, -0.1) is 0 Å². The maximum Gasteiger partial charge on any atom is 0.278 e. The molecule has 0 aliphatic heterocycles. The van der Waals surface area contributed by atoms with E-state index < -0.39 is 10.4 Å². The third-order valence-corrected chi connectivity index (χ3v) is 2.66. The van der Waals surface area contributed by atoms with Gasteiger partial charge in [0.2, 0.25) is 0 Å². The highest BCUT2D eigenvalue weighted by atomic mass is 32.3. The van der Waals surface area contributed by atoms with Crippen LogP contribution in [0.1, 0.15) is 25.5 Å².